The number of aromatic nitrogens is 3. The van der Waals surface area contributed by atoms with Gasteiger partial charge in [-0.1, -0.05) is 0 Å². The van der Waals surface area contributed by atoms with Crippen LogP contribution in [0.4, 0.5) is 0 Å². The molecule has 9 nitrogen and oxygen atoms in total. The van der Waals surface area contributed by atoms with Gasteiger partial charge in [-0.3, -0.25) is 14.6 Å². The number of amides is 2. The monoisotopic (exact) mass is 289 g/mol. The highest BCUT2D eigenvalue weighted by molar-refractivity contribution is 6.04. The summed E-state index contributed by atoms with van der Waals surface area (Å²) >= 11 is 0. The smallest absolute Gasteiger partial charge is 0.328 e. The summed E-state index contributed by atoms with van der Waals surface area (Å²) in [6.45, 7) is -0.412. The molecule has 2 aromatic rings. The molecular formula is C12H11N5O4. The summed E-state index contributed by atoms with van der Waals surface area (Å²) in [4.78, 5) is 40.2. The van der Waals surface area contributed by atoms with Gasteiger partial charge in [-0.15, -0.1) is 0 Å². The lowest BCUT2D eigenvalue weighted by molar-refractivity contribution is -0.144. The highest BCUT2D eigenvalue weighted by Gasteiger charge is 2.36. The second kappa shape index (κ2) is 4.85. The number of fused-ring (bicyclic) bond motifs is 1. The molecule has 3 rings (SSSR count). The normalized spacial score (nSPS) is 18.6. The zero-order chi connectivity index (χ0) is 15.0. The molecule has 1 atom stereocenters. The Kier molecular flexibility index (Phi) is 3.01. The third-order valence-electron chi connectivity index (χ3n) is 3.28. The first kappa shape index (κ1) is 13.0. The van der Waals surface area contributed by atoms with Gasteiger partial charge >= 0.3 is 5.97 Å². The SMILES string of the molecule is O=C1CN(C(=O)c2cnn3ccncc23)C(C(=O)O)CN1. The second-order valence-electron chi connectivity index (χ2n) is 4.56. The summed E-state index contributed by atoms with van der Waals surface area (Å²) < 4.78 is 1.46. The van der Waals surface area contributed by atoms with E-state index in [9.17, 15) is 19.5 Å². The van der Waals surface area contributed by atoms with Gasteiger partial charge in [0.25, 0.3) is 5.91 Å². The fraction of sp³-hybridized carbons (Fsp3) is 0.250. The molecule has 0 bridgehead atoms. The third kappa shape index (κ3) is 2.18. The number of rotatable bonds is 2. The fourth-order valence-corrected chi connectivity index (χ4v) is 2.23. The molecule has 2 aromatic heterocycles. The number of carbonyl (C=O) groups excluding carboxylic acids is 2. The molecule has 1 saturated heterocycles. The molecule has 0 spiro atoms. The van der Waals surface area contributed by atoms with Crippen molar-refractivity contribution in [2.24, 2.45) is 0 Å². The Hall–Kier alpha value is -2.97. The van der Waals surface area contributed by atoms with Crippen molar-refractivity contribution >= 4 is 23.3 Å². The number of piperazine rings is 1. The molecule has 0 aromatic carbocycles. The molecule has 0 radical (unpaired) electrons. The molecule has 1 fully saturated rings. The molecule has 21 heavy (non-hydrogen) atoms. The molecule has 9 heteroatoms. The zero-order valence-electron chi connectivity index (χ0n) is 10.8. The molecule has 2 N–H and O–H groups in total. The Balaban J connectivity index is 1.99. The van der Waals surface area contributed by atoms with E-state index < -0.39 is 23.8 Å². The number of carbonyl (C=O) groups is 3. The average Bonchev–Trinajstić information content (AvgIpc) is 2.90. The van der Waals surface area contributed by atoms with Gasteiger partial charge in [0.1, 0.15) is 12.6 Å². The fourth-order valence-electron chi connectivity index (χ4n) is 2.23. The van der Waals surface area contributed by atoms with Crippen LogP contribution in [0.2, 0.25) is 0 Å². The van der Waals surface area contributed by atoms with E-state index in [2.05, 4.69) is 15.4 Å². The van der Waals surface area contributed by atoms with Crippen LogP contribution in [0.15, 0.2) is 24.8 Å². The van der Waals surface area contributed by atoms with E-state index >= 15 is 0 Å². The van der Waals surface area contributed by atoms with Gasteiger partial charge in [-0.05, 0) is 0 Å². The first-order valence-electron chi connectivity index (χ1n) is 6.16. The van der Waals surface area contributed by atoms with E-state index in [0.717, 1.165) is 4.90 Å². The van der Waals surface area contributed by atoms with Gasteiger partial charge in [-0.2, -0.15) is 5.10 Å². The molecule has 3 heterocycles. The molecule has 0 aliphatic carbocycles. The predicted molar refractivity (Wildman–Crippen MR) is 68.5 cm³/mol. The van der Waals surface area contributed by atoms with Crippen molar-refractivity contribution in [1.82, 2.24) is 24.8 Å². The lowest BCUT2D eigenvalue weighted by Crippen LogP contribution is -2.59. The van der Waals surface area contributed by atoms with E-state index in [1.807, 2.05) is 0 Å². The van der Waals surface area contributed by atoms with Crippen LogP contribution in [0.5, 0.6) is 0 Å². The maximum Gasteiger partial charge on any atom is 0.328 e. The van der Waals surface area contributed by atoms with Crippen LogP contribution >= 0.6 is 0 Å². The third-order valence-corrected chi connectivity index (χ3v) is 3.28. The Labute approximate surface area is 118 Å². The number of hydrogen-bond acceptors (Lipinski definition) is 5. The highest BCUT2D eigenvalue weighted by atomic mass is 16.4. The molecule has 0 saturated carbocycles. The molecule has 1 aliphatic rings. The van der Waals surface area contributed by atoms with Crippen LogP contribution in [-0.2, 0) is 9.59 Å². The van der Waals surface area contributed by atoms with Crippen molar-refractivity contribution < 1.29 is 19.5 Å². The topological polar surface area (TPSA) is 117 Å². The quantitative estimate of drug-likeness (QED) is 0.713. The van der Waals surface area contributed by atoms with Crippen molar-refractivity contribution in [3.05, 3.63) is 30.4 Å². The minimum absolute atomic E-state index is 0.114. The summed E-state index contributed by atoms with van der Waals surface area (Å²) in [5.41, 5.74) is 0.668. The van der Waals surface area contributed by atoms with Gasteiger partial charge < -0.3 is 15.3 Å². The molecule has 1 unspecified atom stereocenters. The maximum atomic E-state index is 12.5. The van der Waals surface area contributed by atoms with Crippen molar-refractivity contribution in [3.63, 3.8) is 0 Å². The standard InChI is InChI=1S/C12H11N5O4/c18-10-6-16(9(5-14-10)12(20)21)11(19)7-3-15-17-2-1-13-4-8(7)17/h1-4,9H,5-6H2,(H,14,18)(H,20,21). The summed E-state index contributed by atoms with van der Waals surface area (Å²) in [5.74, 6) is -2.12. The maximum absolute atomic E-state index is 12.5. The van der Waals surface area contributed by atoms with Crippen LogP contribution in [0.25, 0.3) is 5.52 Å². The Morgan fingerprint density at radius 1 is 1.38 bits per heavy atom. The Morgan fingerprint density at radius 2 is 2.19 bits per heavy atom. The van der Waals surface area contributed by atoms with Crippen molar-refractivity contribution in [2.45, 2.75) is 6.04 Å². The van der Waals surface area contributed by atoms with E-state index in [0.29, 0.717) is 5.52 Å². The van der Waals surface area contributed by atoms with Gasteiger partial charge in [0.2, 0.25) is 5.91 Å². The number of nitrogens with zero attached hydrogens (tertiary/aromatic N) is 4. The average molecular weight is 289 g/mol. The first-order valence-corrected chi connectivity index (χ1v) is 6.16. The van der Waals surface area contributed by atoms with Crippen LogP contribution in [0, 0.1) is 0 Å². The lowest BCUT2D eigenvalue weighted by Gasteiger charge is -2.32. The number of carboxylic acids is 1. The van der Waals surface area contributed by atoms with Gasteiger partial charge in [-0.25, -0.2) is 9.31 Å². The van der Waals surface area contributed by atoms with Crippen LogP contribution in [0.3, 0.4) is 0 Å². The lowest BCUT2D eigenvalue weighted by atomic mass is 10.1. The van der Waals surface area contributed by atoms with Crippen molar-refractivity contribution in [2.75, 3.05) is 13.1 Å². The summed E-state index contributed by atoms with van der Waals surface area (Å²) in [6, 6.07) is -1.10. The van der Waals surface area contributed by atoms with Gasteiger partial charge in [0.05, 0.1) is 23.5 Å². The molecule has 1 aliphatic heterocycles. The highest BCUT2D eigenvalue weighted by Crippen LogP contribution is 2.15. The van der Waals surface area contributed by atoms with E-state index in [1.165, 1.54) is 23.1 Å². The van der Waals surface area contributed by atoms with Crippen LogP contribution in [-0.4, -0.2) is 61.5 Å². The summed E-state index contributed by atoms with van der Waals surface area (Å²) in [7, 11) is 0. The molecular weight excluding hydrogens is 278 g/mol. The molecule has 108 valence electrons. The number of carboxylic acid groups (broad SMARTS) is 1. The zero-order valence-corrected chi connectivity index (χ0v) is 10.8. The van der Waals surface area contributed by atoms with E-state index in [4.69, 9.17) is 0 Å². The summed E-state index contributed by atoms with van der Waals surface area (Å²) in [5, 5.41) is 15.6. The summed E-state index contributed by atoms with van der Waals surface area (Å²) in [6.07, 6.45) is 5.89. The minimum atomic E-state index is -1.17. The molecule has 2 amide bonds. The number of nitrogens with one attached hydrogen (secondary N) is 1. The van der Waals surface area contributed by atoms with E-state index in [1.54, 1.807) is 6.20 Å². The number of hydrogen-bond donors (Lipinski definition) is 2. The van der Waals surface area contributed by atoms with Gasteiger partial charge in [0, 0.05) is 18.9 Å². The van der Waals surface area contributed by atoms with Gasteiger partial charge in [0.15, 0.2) is 0 Å². The van der Waals surface area contributed by atoms with Crippen molar-refractivity contribution in [1.29, 1.82) is 0 Å². The largest absolute Gasteiger partial charge is 0.480 e. The Morgan fingerprint density at radius 3 is 2.95 bits per heavy atom. The number of aliphatic carboxylic acids is 1. The second-order valence-corrected chi connectivity index (χ2v) is 4.56. The minimum Gasteiger partial charge on any atom is -0.480 e. The van der Waals surface area contributed by atoms with E-state index in [-0.39, 0.29) is 18.7 Å². The first-order chi connectivity index (χ1) is 10.1. The van der Waals surface area contributed by atoms with Crippen molar-refractivity contribution in [3.8, 4) is 0 Å². The predicted octanol–water partition coefficient (Wildman–Crippen LogP) is -1.25. The van der Waals surface area contributed by atoms with Crippen LogP contribution < -0.4 is 5.32 Å². The Bertz CT molecular complexity index is 740. The van der Waals surface area contributed by atoms with Crippen LogP contribution in [0.1, 0.15) is 10.4 Å².